The first-order valence-corrected chi connectivity index (χ1v) is 12.8. The molecular weight excluding hydrogens is 523 g/mol. The van der Waals surface area contributed by atoms with Gasteiger partial charge in [0.15, 0.2) is 6.10 Å². The average molecular weight is 564 g/mol. The SMILES string of the molecule is C/C=C/C.C/C=C\C(C)OC.Cc1c(Cc2ccccc2OC(C)C(=O)O)c2cc(OC(F)(F)F)ccc2n1C. The minimum absolute atomic E-state index is 0.269. The number of ether oxygens (including phenoxy) is 3. The number of rotatable bonds is 8. The van der Waals surface area contributed by atoms with Gasteiger partial charge in [0, 0.05) is 37.2 Å². The Morgan fingerprint density at radius 2 is 1.68 bits per heavy atom. The van der Waals surface area contributed by atoms with Gasteiger partial charge in [0.1, 0.15) is 11.5 Å². The molecule has 0 radical (unpaired) electrons. The Morgan fingerprint density at radius 3 is 2.17 bits per heavy atom. The Bertz CT molecular complexity index is 1270. The maximum absolute atomic E-state index is 12.6. The molecule has 3 rings (SSSR count). The Hall–Kier alpha value is -3.72. The number of alkyl halides is 3. The number of methoxy groups -OCH3 is 1. The lowest BCUT2D eigenvalue weighted by Crippen LogP contribution is -2.23. The average Bonchev–Trinajstić information content (AvgIpc) is 3.13. The zero-order valence-corrected chi connectivity index (χ0v) is 24.4. The Morgan fingerprint density at radius 1 is 1.05 bits per heavy atom. The topological polar surface area (TPSA) is 69.9 Å². The number of halogens is 3. The third-order valence-corrected chi connectivity index (χ3v) is 5.99. The van der Waals surface area contributed by atoms with E-state index in [0.29, 0.717) is 17.6 Å². The zero-order valence-electron chi connectivity index (χ0n) is 24.4. The summed E-state index contributed by atoms with van der Waals surface area (Å²) in [6, 6.07) is 11.2. The number of carbonyl (C=O) groups is 1. The lowest BCUT2D eigenvalue weighted by atomic mass is 10.0. The predicted molar refractivity (Wildman–Crippen MR) is 153 cm³/mol. The molecule has 0 fully saturated rings. The van der Waals surface area contributed by atoms with Gasteiger partial charge >= 0.3 is 12.3 Å². The number of carboxylic acids is 1. The highest BCUT2D eigenvalue weighted by Gasteiger charge is 2.31. The molecule has 2 aromatic carbocycles. The molecule has 6 nitrogen and oxygen atoms in total. The van der Waals surface area contributed by atoms with E-state index >= 15 is 0 Å². The van der Waals surface area contributed by atoms with Gasteiger partial charge in [-0.3, -0.25) is 0 Å². The Balaban J connectivity index is 0.000000617. The summed E-state index contributed by atoms with van der Waals surface area (Å²) in [5, 5.41) is 9.73. The van der Waals surface area contributed by atoms with E-state index in [1.165, 1.54) is 19.1 Å². The van der Waals surface area contributed by atoms with Crippen LogP contribution in [0.1, 0.15) is 51.4 Å². The fraction of sp³-hybridized carbons (Fsp3) is 0.387. The van der Waals surface area contributed by atoms with E-state index in [4.69, 9.17) is 14.6 Å². The summed E-state index contributed by atoms with van der Waals surface area (Å²) >= 11 is 0. The second-order valence-corrected chi connectivity index (χ2v) is 8.87. The van der Waals surface area contributed by atoms with Crippen LogP contribution in [-0.4, -0.2) is 41.3 Å². The highest BCUT2D eigenvalue weighted by molar-refractivity contribution is 5.87. The molecular formula is C31H40F3NO5. The van der Waals surface area contributed by atoms with Crippen molar-refractivity contribution in [3.63, 3.8) is 0 Å². The number of nitrogens with zero attached hydrogens (tertiary/aromatic N) is 1. The number of fused-ring (bicyclic) bond motifs is 1. The minimum Gasteiger partial charge on any atom is -0.479 e. The molecule has 0 bridgehead atoms. The van der Waals surface area contributed by atoms with E-state index in [2.05, 4.69) is 4.74 Å². The number of aryl methyl sites for hydroxylation is 1. The molecule has 0 aliphatic carbocycles. The molecule has 0 aliphatic rings. The smallest absolute Gasteiger partial charge is 0.479 e. The van der Waals surface area contributed by atoms with Crippen LogP contribution >= 0.6 is 0 Å². The fourth-order valence-electron chi connectivity index (χ4n) is 3.59. The first-order valence-electron chi connectivity index (χ1n) is 12.8. The van der Waals surface area contributed by atoms with Crippen molar-refractivity contribution < 1.29 is 37.3 Å². The summed E-state index contributed by atoms with van der Waals surface area (Å²) in [5.74, 6) is -0.961. The number of aliphatic carboxylic acids is 1. The quantitative estimate of drug-likeness (QED) is 0.281. The van der Waals surface area contributed by atoms with Crippen molar-refractivity contribution in [1.82, 2.24) is 4.57 Å². The Labute approximate surface area is 234 Å². The summed E-state index contributed by atoms with van der Waals surface area (Å²) in [5.41, 5.74) is 3.20. The van der Waals surface area contributed by atoms with E-state index in [1.54, 1.807) is 37.4 Å². The molecule has 0 saturated heterocycles. The molecule has 3 aromatic rings. The normalized spacial score (nSPS) is 12.9. The van der Waals surface area contributed by atoms with E-state index in [9.17, 15) is 18.0 Å². The first kappa shape index (κ1) is 34.3. The number of carboxylic acid groups (broad SMARTS) is 1. The largest absolute Gasteiger partial charge is 0.573 e. The summed E-state index contributed by atoms with van der Waals surface area (Å²) in [7, 11) is 3.53. The van der Waals surface area contributed by atoms with Crippen molar-refractivity contribution in [3.05, 3.63) is 83.6 Å². The van der Waals surface area contributed by atoms with E-state index in [1.807, 2.05) is 70.5 Å². The second-order valence-electron chi connectivity index (χ2n) is 8.87. The van der Waals surface area contributed by atoms with Crippen LogP contribution in [0, 0.1) is 6.92 Å². The Kier molecular flexibility index (Phi) is 14.1. The van der Waals surface area contributed by atoms with Crippen molar-refractivity contribution in [3.8, 4) is 11.5 Å². The molecule has 0 spiro atoms. The first-order chi connectivity index (χ1) is 18.8. The van der Waals surface area contributed by atoms with Gasteiger partial charge < -0.3 is 23.9 Å². The molecule has 40 heavy (non-hydrogen) atoms. The third kappa shape index (κ3) is 10.8. The molecule has 0 saturated carbocycles. The maximum atomic E-state index is 12.6. The number of para-hydroxylation sites is 1. The molecule has 9 heteroatoms. The zero-order chi connectivity index (χ0) is 30.5. The van der Waals surface area contributed by atoms with E-state index in [0.717, 1.165) is 22.3 Å². The van der Waals surface area contributed by atoms with Crippen molar-refractivity contribution in [2.45, 2.75) is 66.5 Å². The van der Waals surface area contributed by atoms with Crippen LogP contribution < -0.4 is 9.47 Å². The highest BCUT2D eigenvalue weighted by Crippen LogP contribution is 2.34. The van der Waals surface area contributed by atoms with Gasteiger partial charge in [0.2, 0.25) is 0 Å². The van der Waals surface area contributed by atoms with Crippen molar-refractivity contribution in [2.75, 3.05) is 7.11 Å². The molecule has 220 valence electrons. The number of hydrogen-bond donors (Lipinski definition) is 1. The highest BCUT2D eigenvalue weighted by atomic mass is 19.4. The lowest BCUT2D eigenvalue weighted by Gasteiger charge is -2.15. The molecule has 0 amide bonds. The van der Waals surface area contributed by atoms with E-state index in [-0.39, 0.29) is 11.9 Å². The second kappa shape index (κ2) is 16.4. The van der Waals surface area contributed by atoms with Gasteiger partial charge in [-0.2, -0.15) is 0 Å². The summed E-state index contributed by atoms with van der Waals surface area (Å²) in [6.07, 6.45) is 2.81. The third-order valence-electron chi connectivity index (χ3n) is 5.99. The molecule has 1 aromatic heterocycles. The van der Waals surface area contributed by atoms with Gasteiger partial charge in [-0.05, 0) is 76.9 Å². The van der Waals surface area contributed by atoms with Crippen molar-refractivity contribution in [1.29, 1.82) is 0 Å². The predicted octanol–water partition coefficient (Wildman–Crippen LogP) is 8.01. The molecule has 2 atom stereocenters. The molecule has 2 unspecified atom stereocenters. The minimum atomic E-state index is -4.77. The van der Waals surface area contributed by atoms with Gasteiger partial charge in [-0.1, -0.05) is 42.5 Å². The summed E-state index contributed by atoms with van der Waals surface area (Å²) < 4.78 is 54.3. The van der Waals surface area contributed by atoms with Gasteiger partial charge in [0.25, 0.3) is 0 Å². The molecule has 1 heterocycles. The lowest BCUT2D eigenvalue weighted by molar-refractivity contribution is -0.274. The number of allylic oxidation sites excluding steroid dienone is 3. The number of benzene rings is 2. The van der Waals surface area contributed by atoms with Crippen LogP contribution in [0.4, 0.5) is 13.2 Å². The summed E-state index contributed by atoms with van der Waals surface area (Å²) in [4.78, 5) is 11.1. The van der Waals surface area contributed by atoms with Crippen molar-refractivity contribution >= 4 is 16.9 Å². The van der Waals surface area contributed by atoms with Crippen LogP contribution in [0.5, 0.6) is 11.5 Å². The standard InChI is InChI=1S/C21H20F3NO4.C6H12O.C4H8/c1-12-16(10-14-6-4-5-7-19(14)28-13(2)20(26)27)17-11-15(29-21(22,23)24)8-9-18(17)25(12)3;1-4-5-6(2)7-3;1-3-4-2/h4-9,11,13H,10H2,1-3H3,(H,26,27);4-6H,1-3H3;3-4H,1-2H3/b;5-4-;4-3+. The van der Waals surface area contributed by atoms with Gasteiger partial charge in [-0.25, -0.2) is 4.79 Å². The molecule has 1 N–H and O–H groups in total. The van der Waals surface area contributed by atoms with Crippen LogP contribution in [-0.2, 0) is 23.0 Å². The fourth-order valence-corrected chi connectivity index (χ4v) is 3.59. The monoisotopic (exact) mass is 563 g/mol. The van der Waals surface area contributed by atoms with Crippen LogP contribution in [0.2, 0.25) is 0 Å². The van der Waals surface area contributed by atoms with Crippen molar-refractivity contribution in [2.24, 2.45) is 7.05 Å². The van der Waals surface area contributed by atoms with Crippen LogP contribution in [0.15, 0.2) is 66.8 Å². The number of aromatic nitrogens is 1. The summed E-state index contributed by atoms with van der Waals surface area (Å²) in [6.45, 7) is 11.3. The maximum Gasteiger partial charge on any atom is 0.573 e. The van der Waals surface area contributed by atoms with Gasteiger partial charge in [-0.15, -0.1) is 13.2 Å². The van der Waals surface area contributed by atoms with Crippen LogP contribution in [0.3, 0.4) is 0 Å². The molecule has 0 aliphatic heterocycles. The van der Waals surface area contributed by atoms with Crippen LogP contribution in [0.25, 0.3) is 10.9 Å². The van der Waals surface area contributed by atoms with Gasteiger partial charge in [0.05, 0.1) is 6.10 Å². The number of hydrogen-bond acceptors (Lipinski definition) is 4. The van der Waals surface area contributed by atoms with E-state index < -0.39 is 18.4 Å².